The van der Waals surface area contributed by atoms with Crippen LogP contribution in [0.25, 0.3) is 10.9 Å². The van der Waals surface area contributed by atoms with Gasteiger partial charge in [-0.25, -0.2) is 8.78 Å². The lowest BCUT2D eigenvalue weighted by Crippen LogP contribution is -2.07. The van der Waals surface area contributed by atoms with Crippen LogP contribution in [0.1, 0.15) is 0 Å². The molecule has 1 heterocycles. The summed E-state index contributed by atoms with van der Waals surface area (Å²) in [6.07, 6.45) is -1.16. The molecule has 0 aliphatic carbocycles. The molecular formula is C9H7F2N3O2. The first-order valence-electron chi connectivity index (χ1n) is 4.46. The molecule has 0 fully saturated rings. The zero-order chi connectivity index (χ0) is 11.7. The molecule has 84 valence electrons. The summed E-state index contributed by atoms with van der Waals surface area (Å²) in [5, 5.41) is 14.7. The summed E-state index contributed by atoms with van der Waals surface area (Å²) >= 11 is 0. The number of nitrogens with zero attached hydrogens (tertiary/aromatic N) is 3. The van der Waals surface area contributed by atoms with Crippen molar-refractivity contribution in [1.82, 2.24) is 9.78 Å². The second kappa shape index (κ2) is 3.84. The molecule has 0 aliphatic heterocycles. The van der Waals surface area contributed by atoms with Crippen molar-refractivity contribution in [3.8, 4) is 0 Å². The molecule has 0 saturated carbocycles. The quantitative estimate of drug-likeness (QED) is 0.596. The Morgan fingerprint density at radius 3 is 2.88 bits per heavy atom. The first kappa shape index (κ1) is 10.5. The summed E-state index contributed by atoms with van der Waals surface area (Å²) in [5.74, 6) is 0. The number of hydrogen-bond acceptors (Lipinski definition) is 3. The van der Waals surface area contributed by atoms with Gasteiger partial charge in [0.05, 0.1) is 16.6 Å². The lowest BCUT2D eigenvalue weighted by molar-refractivity contribution is -0.384. The van der Waals surface area contributed by atoms with Crippen LogP contribution in [0.15, 0.2) is 24.4 Å². The normalized spacial score (nSPS) is 11.2. The average molecular weight is 227 g/mol. The Morgan fingerprint density at radius 2 is 2.25 bits per heavy atom. The molecule has 0 atom stereocenters. The standard InChI is InChI=1S/C9H7F2N3O2/c10-9(11)5-13-8-2-1-7(14(15)16)3-6(8)4-12-13/h1-4,9H,5H2. The zero-order valence-electron chi connectivity index (χ0n) is 8.01. The number of rotatable bonds is 3. The van der Waals surface area contributed by atoms with E-state index in [9.17, 15) is 18.9 Å². The lowest BCUT2D eigenvalue weighted by atomic mass is 10.2. The summed E-state index contributed by atoms with van der Waals surface area (Å²) in [4.78, 5) is 9.95. The smallest absolute Gasteiger partial charge is 0.259 e. The average Bonchev–Trinajstić information content (AvgIpc) is 2.60. The van der Waals surface area contributed by atoms with Gasteiger partial charge in [0.1, 0.15) is 6.54 Å². The van der Waals surface area contributed by atoms with Gasteiger partial charge in [0, 0.05) is 17.5 Å². The third-order valence-electron chi connectivity index (χ3n) is 2.15. The Hall–Kier alpha value is -2.05. The van der Waals surface area contributed by atoms with Gasteiger partial charge in [0.15, 0.2) is 0 Å². The number of hydrogen-bond donors (Lipinski definition) is 0. The van der Waals surface area contributed by atoms with E-state index in [0.717, 1.165) is 4.68 Å². The maximum absolute atomic E-state index is 12.2. The predicted molar refractivity (Wildman–Crippen MR) is 52.4 cm³/mol. The highest BCUT2D eigenvalue weighted by atomic mass is 19.3. The van der Waals surface area contributed by atoms with Crippen molar-refractivity contribution in [1.29, 1.82) is 0 Å². The van der Waals surface area contributed by atoms with Gasteiger partial charge in [-0.05, 0) is 6.07 Å². The summed E-state index contributed by atoms with van der Waals surface area (Å²) < 4.78 is 25.5. The van der Waals surface area contributed by atoms with E-state index in [1.54, 1.807) is 0 Å². The van der Waals surface area contributed by atoms with Gasteiger partial charge in [-0.15, -0.1) is 0 Å². The van der Waals surface area contributed by atoms with Crippen molar-refractivity contribution < 1.29 is 13.7 Å². The van der Waals surface area contributed by atoms with Gasteiger partial charge >= 0.3 is 0 Å². The van der Waals surface area contributed by atoms with Crippen molar-refractivity contribution in [2.45, 2.75) is 13.0 Å². The third-order valence-corrected chi connectivity index (χ3v) is 2.15. The van der Waals surface area contributed by atoms with Crippen LogP contribution < -0.4 is 0 Å². The number of benzene rings is 1. The van der Waals surface area contributed by atoms with Crippen molar-refractivity contribution in [2.24, 2.45) is 0 Å². The molecule has 1 aromatic heterocycles. The summed E-state index contributed by atoms with van der Waals surface area (Å²) in [7, 11) is 0. The molecule has 0 aliphatic rings. The van der Waals surface area contributed by atoms with E-state index in [1.807, 2.05) is 0 Å². The topological polar surface area (TPSA) is 61.0 Å². The number of fused-ring (bicyclic) bond motifs is 1. The lowest BCUT2D eigenvalue weighted by Gasteiger charge is -2.01. The summed E-state index contributed by atoms with van der Waals surface area (Å²) in [6, 6.07) is 4.00. The minimum atomic E-state index is -2.50. The molecule has 2 aromatic rings. The van der Waals surface area contributed by atoms with E-state index in [2.05, 4.69) is 5.10 Å². The van der Waals surface area contributed by atoms with Crippen LogP contribution in [0.2, 0.25) is 0 Å². The molecule has 0 N–H and O–H groups in total. The fourth-order valence-corrected chi connectivity index (χ4v) is 1.46. The number of alkyl halides is 2. The molecule has 0 saturated heterocycles. The van der Waals surface area contributed by atoms with E-state index in [1.165, 1.54) is 24.4 Å². The Kier molecular flexibility index (Phi) is 2.51. The van der Waals surface area contributed by atoms with Crippen LogP contribution in [0, 0.1) is 10.1 Å². The molecule has 0 radical (unpaired) electrons. The number of aromatic nitrogens is 2. The van der Waals surface area contributed by atoms with Crippen LogP contribution in [-0.4, -0.2) is 21.1 Å². The third kappa shape index (κ3) is 1.83. The highest BCUT2D eigenvalue weighted by Crippen LogP contribution is 2.20. The van der Waals surface area contributed by atoms with Crippen LogP contribution in [0.4, 0.5) is 14.5 Å². The van der Waals surface area contributed by atoms with Crippen LogP contribution in [-0.2, 0) is 6.54 Å². The Morgan fingerprint density at radius 1 is 1.50 bits per heavy atom. The highest BCUT2D eigenvalue weighted by molar-refractivity contribution is 5.81. The fourth-order valence-electron chi connectivity index (χ4n) is 1.46. The zero-order valence-corrected chi connectivity index (χ0v) is 8.01. The van der Waals surface area contributed by atoms with Gasteiger partial charge in [-0.2, -0.15) is 5.10 Å². The van der Waals surface area contributed by atoms with E-state index < -0.39 is 17.9 Å². The molecule has 7 heteroatoms. The van der Waals surface area contributed by atoms with E-state index >= 15 is 0 Å². The number of nitro benzene ring substituents is 1. The minimum absolute atomic E-state index is 0.0795. The molecule has 2 rings (SSSR count). The minimum Gasteiger partial charge on any atom is -0.259 e. The van der Waals surface area contributed by atoms with Crippen molar-refractivity contribution in [3.63, 3.8) is 0 Å². The predicted octanol–water partition coefficient (Wildman–Crippen LogP) is 2.21. The molecule has 0 unspecified atom stereocenters. The number of halogens is 2. The first-order valence-corrected chi connectivity index (χ1v) is 4.46. The first-order chi connectivity index (χ1) is 7.58. The molecular weight excluding hydrogens is 220 g/mol. The molecule has 0 spiro atoms. The van der Waals surface area contributed by atoms with Crippen molar-refractivity contribution in [3.05, 3.63) is 34.5 Å². The van der Waals surface area contributed by atoms with Crippen molar-refractivity contribution in [2.75, 3.05) is 0 Å². The molecule has 16 heavy (non-hydrogen) atoms. The largest absolute Gasteiger partial charge is 0.270 e. The molecule has 0 bridgehead atoms. The highest BCUT2D eigenvalue weighted by Gasteiger charge is 2.12. The van der Waals surface area contributed by atoms with Crippen LogP contribution in [0.3, 0.4) is 0 Å². The van der Waals surface area contributed by atoms with Crippen molar-refractivity contribution >= 4 is 16.6 Å². The monoisotopic (exact) mass is 227 g/mol. The van der Waals surface area contributed by atoms with Crippen LogP contribution >= 0.6 is 0 Å². The Labute approximate surface area is 88.4 Å². The molecule has 1 aromatic carbocycles. The second-order valence-corrected chi connectivity index (χ2v) is 3.22. The summed E-state index contributed by atoms with van der Waals surface area (Å²) in [6.45, 7) is -0.513. The number of nitro groups is 1. The maximum atomic E-state index is 12.2. The van der Waals surface area contributed by atoms with E-state index in [-0.39, 0.29) is 5.69 Å². The second-order valence-electron chi connectivity index (χ2n) is 3.22. The Balaban J connectivity index is 2.46. The fraction of sp³-hybridized carbons (Fsp3) is 0.222. The van der Waals surface area contributed by atoms with Gasteiger partial charge in [-0.3, -0.25) is 14.8 Å². The van der Waals surface area contributed by atoms with E-state index in [4.69, 9.17) is 0 Å². The van der Waals surface area contributed by atoms with Gasteiger partial charge < -0.3 is 0 Å². The molecule has 5 nitrogen and oxygen atoms in total. The Bertz CT molecular complexity index is 539. The van der Waals surface area contributed by atoms with Gasteiger partial charge in [0.25, 0.3) is 12.1 Å². The summed E-state index contributed by atoms with van der Waals surface area (Å²) in [5.41, 5.74) is 0.384. The molecule has 0 amide bonds. The van der Waals surface area contributed by atoms with Gasteiger partial charge in [0.2, 0.25) is 0 Å². The maximum Gasteiger partial charge on any atom is 0.270 e. The van der Waals surface area contributed by atoms with E-state index in [0.29, 0.717) is 10.9 Å². The van der Waals surface area contributed by atoms with Gasteiger partial charge in [-0.1, -0.05) is 0 Å². The SMILES string of the molecule is O=[N+]([O-])c1ccc2c(cnn2CC(F)F)c1. The van der Waals surface area contributed by atoms with Crippen LogP contribution in [0.5, 0.6) is 0 Å². The number of non-ortho nitro benzene ring substituents is 1.